The summed E-state index contributed by atoms with van der Waals surface area (Å²) in [5.74, 6) is 2.54. The van der Waals surface area contributed by atoms with Crippen molar-refractivity contribution < 1.29 is 0 Å². The molecule has 0 unspecified atom stereocenters. The third kappa shape index (κ3) is 2.96. The first-order valence-electron chi connectivity index (χ1n) is 6.44. The van der Waals surface area contributed by atoms with Gasteiger partial charge in [0.25, 0.3) is 0 Å². The minimum atomic E-state index is 0.299. The van der Waals surface area contributed by atoms with E-state index in [4.69, 9.17) is 18.0 Å². The number of hydrogen-bond donors (Lipinski definition) is 1. The van der Waals surface area contributed by atoms with Crippen LogP contribution in [0.15, 0.2) is 12.4 Å². The lowest BCUT2D eigenvalue weighted by Crippen LogP contribution is -2.35. The Morgan fingerprint density at radius 2 is 2.00 bits per heavy atom. The summed E-state index contributed by atoms with van der Waals surface area (Å²) >= 11 is 4.87. The van der Waals surface area contributed by atoms with Crippen LogP contribution in [-0.4, -0.2) is 28.0 Å². The minimum absolute atomic E-state index is 0.299. The van der Waals surface area contributed by atoms with Crippen molar-refractivity contribution in [3.8, 4) is 0 Å². The van der Waals surface area contributed by atoms with Crippen LogP contribution in [0, 0.1) is 11.8 Å². The van der Waals surface area contributed by atoms with Crippen LogP contribution < -0.4 is 10.6 Å². The standard InChI is InChI=1S/C13H20N4S/c1-9(2)10-3-5-17(6-4-10)12-8-15-11(7-16-12)13(14)18/h7-10H,3-6H2,1-2H3,(H2,14,18). The molecule has 2 rings (SSSR count). The zero-order chi connectivity index (χ0) is 13.1. The van der Waals surface area contributed by atoms with E-state index < -0.39 is 0 Å². The Morgan fingerprint density at radius 1 is 1.33 bits per heavy atom. The second kappa shape index (κ2) is 5.61. The summed E-state index contributed by atoms with van der Waals surface area (Å²) in [6, 6.07) is 0. The van der Waals surface area contributed by atoms with E-state index in [0.717, 1.165) is 30.7 Å². The van der Waals surface area contributed by atoms with E-state index in [1.165, 1.54) is 12.8 Å². The Labute approximate surface area is 114 Å². The van der Waals surface area contributed by atoms with E-state index in [1.54, 1.807) is 12.4 Å². The molecule has 0 aliphatic carbocycles. The van der Waals surface area contributed by atoms with Gasteiger partial charge in [0.15, 0.2) is 0 Å². The van der Waals surface area contributed by atoms with Crippen molar-refractivity contribution in [1.82, 2.24) is 9.97 Å². The fourth-order valence-corrected chi connectivity index (χ4v) is 2.51. The maximum absolute atomic E-state index is 5.51. The van der Waals surface area contributed by atoms with Crippen LogP contribution >= 0.6 is 12.2 Å². The highest BCUT2D eigenvalue weighted by molar-refractivity contribution is 7.80. The average molecular weight is 264 g/mol. The number of anilines is 1. The van der Waals surface area contributed by atoms with Crippen LogP contribution in [0.3, 0.4) is 0 Å². The van der Waals surface area contributed by atoms with Gasteiger partial charge < -0.3 is 10.6 Å². The lowest BCUT2D eigenvalue weighted by Gasteiger charge is -2.34. The first kappa shape index (κ1) is 13.2. The van der Waals surface area contributed by atoms with Gasteiger partial charge in [-0.15, -0.1) is 0 Å². The van der Waals surface area contributed by atoms with Crippen molar-refractivity contribution in [2.45, 2.75) is 26.7 Å². The van der Waals surface area contributed by atoms with Gasteiger partial charge in [0.2, 0.25) is 0 Å². The second-order valence-corrected chi connectivity index (χ2v) is 5.63. The molecule has 0 radical (unpaired) electrons. The maximum atomic E-state index is 5.51. The van der Waals surface area contributed by atoms with Crippen molar-refractivity contribution in [2.75, 3.05) is 18.0 Å². The Balaban J connectivity index is 1.99. The van der Waals surface area contributed by atoms with Crippen LogP contribution in [0.5, 0.6) is 0 Å². The highest BCUT2D eigenvalue weighted by atomic mass is 32.1. The van der Waals surface area contributed by atoms with Crippen LogP contribution in [0.4, 0.5) is 5.82 Å². The van der Waals surface area contributed by atoms with Crippen LogP contribution in [0.2, 0.25) is 0 Å². The van der Waals surface area contributed by atoms with E-state index >= 15 is 0 Å². The topological polar surface area (TPSA) is 55.0 Å². The summed E-state index contributed by atoms with van der Waals surface area (Å²) in [7, 11) is 0. The third-order valence-electron chi connectivity index (χ3n) is 3.70. The quantitative estimate of drug-likeness (QED) is 0.846. The molecule has 1 aromatic heterocycles. The SMILES string of the molecule is CC(C)C1CCN(c2cnc(C(N)=S)cn2)CC1. The van der Waals surface area contributed by atoms with Crippen molar-refractivity contribution >= 4 is 23.0 Å². The summed E-state index contributed by atoms with van der Waals surface area (Å²) < 4.78 is 0. The van der Waals surface area contributed by atoms with Gasteiger partial charge in [0, 0.05) is 13.1 Å². The molecule has 4 nitrogen and oxygen atoms in total. The molecule has 1 saturated heterocycles. The fraction of sp³-hybridized carbons (Fsp3) is 0.615. The monoisotopic (exact) mass is 264 g/mol. The van der Waals surface area contributed by atoms with Gasteiger partial charge >= 0.3 is 0 Å². The molecule has 1 aromatic rings. The summed E-state index contributed by atoms with van der Waals surface area (Å²) in [6.07, 6.45) is 5.89. The van der Waals surface area contributed by atoms with Gasteiger partial charge in [-0.3, -0.25) is 0 Å². The molecule has 0 saturated carbocycles. The number of aromatic nitrogens is 2. The van der Waals surface area contributed by atoms with E-state index in [1.807, 2.05) is 0 Å². The van der Waals surface area contributed by atoms with E-state index in [-0.39, 0.29) is 0 Å². The lowest BCUT2D eigenvalue weighted by atomic mass is 9.87. The van der Waals surface area contributed by atoms with Crippen molar-refractivity contribution in [3.63, 3.8) is 0 Å². The molecule has 2 heterocycles. The number of hydrogen-bond acceptors (Lipinski definition) is 4. The fourth-order valence-electron chi connectivity index (χ4n) is 2.41. The molecule has 98 valence electrons. The maximum Gasteiger partial charge on any atom is 0.147 e. The smallest absolute Gasteiger partial charge is 0.147 e. The minimum Gasteiger partial charge on any atom is -0.388 e. The zero-order valence-corrected chi connectivity index (χ0v) is 11.8. The van der Waals surface area contributed by atoms with Crippen molar-refractivity contribution in [1.29, 1.82) is 0 Å². The predicted octanol–water partition coefficient (Wildman–Crippen LogP) is 1.98. The molecule has 1 fully saturated rings. The molecule has 0 bridgehead atoms. The largest absolute Gasteiger partial charge is 0.388 e. The Kier molecular flexibility index (Phi) is 4.11. The Hall–Kier alpha value is -1.23. The first-order valence-corrected chi connectivity index (χ1v) is 6.85. The summed E-state index contributed by atoms with van der Waals surface area (Å²) in [5.41, 5.74) is 6.10. The molecule has 5 heteroatoms. The van der Waals surface area contributed by atoms with Gasteiger partial charge in [-0.25, -0.2) is 9.97 Å². The molecule has 1 aliphatic heterocycles. The Bertz CT molecular complexity index is 408. The number of thiocarbonyl (C=S) groups is 1. The van der Waals surface area contributed by atoms with Crippen LogP contribution in [-0.2, 0) is 0 Å². The molecule has 0 aromatic carbocycles. The normalized spacial score (nSPS) is 17.2. The van der Waals surface area contributed by atoms with Gasteiger partial charge in [-0.05, 0) is 24.7 Å². The first-order chi connectivity index (χ1) is 8.58. The highest BCUT2D eigenvalue weighted by Crippen LogP contribution is 2.26. The van der Waals surface area contributed by atoms with Gasteiger partial charge in [0.05, 0.1) is 12.4 Å². The van der Waals surface area contributed by atoms with E-state index in [0.29, 0.717) is 10.7 Å². The summed E-state index contributed by atoms with van der Waals surface area (Å²) in [6.45, 7) is 6.72. The molecule has 0 spiro atoms. The molecule has 0 amide bonds. The van der Waals surface area contributed by atoms with Crippen molar-refractivity contribution in [3.05, 3.63) is 18.1 Å². The summed E-state index contributed by atoms with van der Waals surface area (Å²) in [5, 5.41) is 0. The number of rotatable bonds is 3. The predicted molar refractivity (Wildman–Crippen MR) is 77.7 cm³/mol. The third-order valence-corrected chi connectivity index (χ3v) is 3.91. The highest BCUT2D eigenvalue weighted by Gasteiger charge is 2.22. The van der Waals surface area contributed by atoms with Crippen molar-refractivity contribution in [2.24, 2.45) is 17.6 Å². The van der Waals surface area contributed by atoms with Crippen LogP contribution in [0.25, 0.3) is 0 Å². The van der Waals surface area contributed by atoms with Gasteiger partial charge in [-0.2, -0.15) is 0 Å². The molecule has 0 atom stereocenters. The van der Waals surface area contributed by atoms with Gasteiger partial charge in [0.1, 0.15) is 16.5 Å². The van der Waals surface area contributed by atoms with Gasteiger partial charge in [-0.1, -0.05) is 26.1 Å². The lowest BCUT2D eigenvalue weighted by molar-refractivity contribution is 0.310. The molecule has 1 aliphatic rings. The molecule has 2 N–H and O–H groups in total. The number of piperidine rings is 1. The Morgan fingerprint density at radius 3 is 2.44 bits per heavy atom. The molecular weight excluding hydrogens is 244 g/mol. The molecule has 18 heavy (non-hydrogen) atoms. The average Bonchev–Trinajstić information content (AvgIpc) is 2.39. The second-order valence-electron chi connectivity index (χ2n) is 5.19. The van der Waals surface area contributed by atoms with E-state index in [2.05, 4.69) is 28.7 Å². The van der Waals surface area contributed by atoms with Crippen LogP contribution in [0.1, 0.15) is 32.4 Å². The molecular formula is C13H20N4S. The summed E-state index contributed by atoms with van der Waals surface area (Å²) in [4.78, 5) is 11.2. The number of nitrogens with zero attached hydrogens (tertiary/aromatic N) is 3. The van der Waals surface area contributed by atoms with E-state index in [9.17, 15) is 0 Å². The zero-order valence-electron chi connectivity index (χ0n) is 11.0. The number of nitrogens with two attached hydrogens (primary N) is 1.